The van der Waals surface area contributed by atoms with Gasteiger partial charge in [-0.05, 0) is 43.2 Å². The van der Waals surface area contributed by atoms with Crippen molar-refractivity contribution < 1.29 is 15.0 Å². The summed E-state index contributed by atoms with van der Waals surface area (Å²) in [6.45, 7) is 3.14. The maximum atomic E-state index is 12.6. The second-order valence-corrected chi connectivity index (χ2v) is 7.15. The Labute approximate surface area is 144 Å². The number of halogens is 1. The third-order valence-electron chi connectivity index (χ3n) is 3.45. The lowest BCUT2D eigenvalue weighted by Crippen LogP contribution is -2.33. The fourth-order valence-corrected chi connectivity index (χ4v) is 3.37. The van der Waals surface area contributed by atoms with E-state index in [1.165, 1.54) is 10.9 Å². The number of nitrogens with zero attached hydrogens (tertiary/aromatic N) is 1. The first-order valence-electron chi connectivity index (χ1n) is 7.41. The number of hydrogen-bond acceptors (Lipinski definition) is 4. The van der Waals surface area contributed by atoms with E-state index in [-0.39, 0.29) is 29.7 Å². The predicted molar refractivity (Wildman–Crippen MR) is 93.0 cm³/mol. The van der Waals surface area contributed by atoms with Gasteiger partial charge in [-0.15, -0.1) is 11.3 Å². The van der Waals surface area contributed by atoms with Crippen molar-refractivity contribution in [1.82, 2.24) is 4.90 Å². The Morgan fingerprint density at radius 2 is 2.09 bits per heavy atom. The van der Waals surface area contributed by atoms with Crippen LogP contribution < -0.4 is 0 Å². The number of phenols is 1. The number of aliphatic hydroxyl groups excluding tert-OH is 1. The van der Waals surface area contributed by atoms with Crippen molar-refractivity contribution in [2.75, 3.05) is 13.2 Å². The first-order chi connectivity index (χ1) is 11.0. The minimum atomic E-state index is -0.0220. The molecule has 0 radical (unpaired) electrons. The SMILES string of the molecule is Cc1ccc(CN(CCCO)C(=O)Cc2ccc(O)c(Cl)c2)s1. The van der Waals surface area contributed by atoms with Gasteiger partial charge in [0.2, 0.25) is 5.91 Å². The van der Waals surface area contributed by atoms with Gasteiger partial charge in [-0.25, -0.2) is 0 Å². The molecule has 1 aromatic heterocycles. The van der Waals surface area contributed by atoms with E-state index < -0.39 is 0 Å². The summed E-state index contributed by atoms with van der Waals surface area (Å²) in [6, 6.07) is 8.85. The number of rotatable bonds is 7. The van der Waals surface area contributed by atoms with Gasteiger partial charge in [0, 0.05) is 22.9 Å². The summed E-state index contributed by atoms with van der Waals surface area (Å²) in [4.78, 5) is 16.7. The predicted octanol–water partition coefficient (Wildman–Crippen LogP) is 3.37. The van der Waals surface area contributed by atoms with Crippen LogP contribution in [0.5, 0.6) is 5.75 Å². The summed E-state index contributed by atoms with van der Waals surface area (Å²) in [5, 5.41) is 18.7. The quantitative estimate of drug-likeness (QED) is 0.802. The van der Waals surface area contributed by atoms with Crippen LogP contribution in [0.4, 0.5) is 0 Å². The fraction of sp³-hybridized carbons (Fsp3) is 0.353. The van der Waals surface area contributed by atoms with Gasteiger partial charge in [0.1, 0.15) is 5.75 Å². The van der Waals surface area contributed by atoms with Crippen molar-refractivity contribution in [1.29, 1.82) is 0 Å². The van der Waals surface area contributed by atoms with E-state index >= 15 is 0 Å². The molecule has 6 heteroatoms. The Morgan fingerprint density at radius 3 is 2.70 bits per heavy atom. The van der Waals surface area contributed by atoms with Gasteiger partial charge >= 0.3 is 0 Å². The Bertz CT molecular complexity index is 672. The molecular weight excluding hydrogens is 334 g/mol. The Morgan fingerprint density at radius 1 is 1.30 bits per heavy atom. The molecule has 0 spiro atoms. The summed E-state index contributed by atoms with van der Waals surface area (Å²) in [7, 11) is 0. The lowest BCUT2D eigenvalue weighted by Gasteiger charge is -2.22. The number of amides is 1. The second kappa shape index (κ2) is 8.34. The van der Waals surface area contributed by atoms with Crippen LogP contribution in [-0.2, 0) is 17.8 Å². The van der Waals surface area contributed by atoms with E-state index in [0.717, 1.165) is 10.4 Å². The molecule has 2 N–H and O–H groups in total. The topological polar surface area (TPSA) is 60.8 Å². The number of benzene rings is 1. The summed E-state index contributed by atoms with van der Waals surface area (Å²) in [5.41, 5.74) is 0.758. The molecule has 2 aromatic rings. The highest BCUT2D eigenvalue weighted by atomic mass is 35.5. The van der Waals surface area contributed by atoms with Crippen LogP contribution in [0.1, 0.15) is 21.7 Å². The van der Waals surface area contributed by atoms with Gasteiger partial charge in [-0.2, -0.15) is 0 Å². The van der Waals surface area contributed by atoms with Crippen LogP contribution >= 0.6 is 22.9 Å². The van der Waals surface area contributed by atoms with E-state index in [2.05, 4.69) is 0 Å². The standard InChI is InChI=1S/C17H20ClNO3S/c1-12-3-5-14(23-12)11-19(7-2-8-20)17(22)10-13-4-6-16(21)15(18)9-13/h3-6,9,20-21H,2,7-8,10-11H2,1H3. The number of thiophene rings is 1. The van der Waals surface area contributed by atoms with Crippen molar-refractivity contribution in [3.05, 3.63) is 50.7 Å². The van der Waals surface area contributed by atoms with Crippen LogP contribution in [0.15, 0.2) is 30.3 Å². The molecule has 0 saturated carbocycles. The molecule has 124 valence electrons. The Hall–Kier alpha value is -1.56. The van der Waals surface area contributed by atoms with Crippen LogP contribution in [-0.4, -0.2) is 34.2 Å². The molecule has 1 aromatic carbocycles. The van der Waals surface area contributed by atoms with Gasteiger partial charge in [0.25, 0.3) is 0 Å². The minimum absolute atomic E-state index is 0.00839. The number of carbonyl (C=O) groups excluding carboxylic acids is 1. The largest absolute Gasteiger partial charge is 0.506 e. The molecule has 0 saturated heterocycles. The number of aryl methyl sites for hydroxylation is 1. The Kier molecular flexibility index (Phi) is 6.45. The van der Waals surface area contributed by atoms with Crippen molar-refractivity contribution >= 4 is 28.8 Å². The molecule has 0 bridgehead atoms. The molecule has 0 aliphatic rings. The zero-order valence-electron chi connectivity index (χ0n) is 13.0. The van der Waals surface area contributed by atoms with E-state index in [4.69, 9.17) is 16.7 Å². The molecule has 0 atom stereocenters. The van der Waals surface area contributed by atoms with Crippen LogP contribution in [0.3, 0.4) is 0 Å². The lowest BCUT2D eigenvalue weighted by atomic mass is 10.1. The van der Waals surface area contributed by atoms with Crippen LogP contribution in [0.25, 0.3) is 0 Å². The van der Waals surface area contributed by atoms with Gasteiger partial charge in [0.05, 0.1) is 18.0 Å². The summed E-state index contributed by atoms with van der Waals surface area (Å²) >= 11 is 7.55. The third kappa shape index (κ3) is 5.23. The zero-order valence-corrected chi connectivity index (χ0v) is 14.5. The molecule has 1 heterocycles. The molecule has 4 nitrogen and oxygen atoms in total. The zero-order chi connectivity index (χ0) is 16.8. The lowest BCUT2D eigenvalue weighted by molar-refractivity contribution is -0.131. The van der Waals surface area contributed by atoms with Gasteiger partial charge < -0.3 is 15.1 Å². The van der Waals surface area contributed by atoms with Crippen molar-refractivity contribution in [3.63, 3.8) is 0 Å². The normalized spacial score (nSPS) is 10.7. The maximum Gasteiger partial charge on any atom is 0.227 e. The molecule has 23 heavy (non-hydrogen) atoms. The maximum absolute atomic E-state index is 12.6. The molecule has 0 unspecified atom stereocenters. The Balaban J connectivity index is 2.07. The molecule has 1 amide bonds. The monoisotopic (exact) mass is 353 g/mol. The average molecular weight is 354 g/mol. The number of aliphatic hydroxyl groups is 1. The van der Waals surface area contributed by atoms with Crippen molar-refractivity contribution in [2.24, 2.45) is 0 Å². The van der Waals surface area contributed by atoms with Crippen molar-refractivity contribution in [3.8, 4) is 5.75 Å². The first-order valence-corrected chi connectivity index (χ1v) is 8.60. The van der Waals surface area contributed by atoms with Gasteiger partial charge in [-0.1, -0.05) is 17.7 Å². The average Bonchev–Trinajstić information content (AvgIpc) is 2.92. The van der Waals surface area contributed by atoms with Crippen LogP contribution in [0, 0.1) is 6.92 Å². The van der Waals surface area contributed by atoms with E-state index in [0.29, 0.717) is 19.5 Å². The number of phenolic OH excluding ortho intramolecular Hbond substituents is 1. The molecule has 0 fully saturated rings. The van der Waals surface area contributed by atoms with Gasteiger partial charge in [-0.3, -0.25) is 4.79 Å². The molecular formula is C17H20ClNO3S. The van der Waals surface area contributed by atoms with E-state index in [1.807, 2.05) is 19.1 Å². The first kappa shape index (κ1) is 17.8. The highest BCUT2D eigenvalue weighted by Crippen LogP contribution is 2.24. The number of aromatic hydroxyl groups is 1. The summed E-state index contributed by atoms with van der Waals surface area (Å²) in [6.07, 6.45) is 0.766. The van der Waals surface area contributed by atoms with Crippen molar-refractivity contribution in [2.45, 2.75) is 26.3 Å². The molecule has 0 aliphatic carbocycles. The van der Waals surface area contributed by atoms with Gasteiger partial charge in [0.15, 0.2) is 0 Å². The summed E-state index contributed by atoms with van der Waals surface area (Å²) < 4.78 is 0. The third-order valence-corrected chi connectivity index (χ3v) is 4.74. The smallest absolute Gasteiger partial charge is 0.227 e. The minimum Gasteiger partial charge on any atom is -0.506 e. The van der Waals surface area contributed by atoms with Crippen LogP contribution in [0.2, 0.25) is 5.02 Å². The second-order valence-electron chi connectivity index (χ2n) is 5.37. The number of carbonyl (C=O) groups is 1. The number of hydrogen-bond donors (Lipinski definition) is 2. The highest BCUT2D eigenvalue weighted by molar-refractivity contribution is 7.11. The molecule has 0 aliphatic heterocycles. The van der Waals surface area contributed by atoms with E-state index in [9.17, 15) is 9.90 Å². The fourth-order valence-electron chi connectivity index (χ4n) is 2.26. The van der Waals surface area contributed by atoms with E-state index in [1.54, 1.807) is 28.4 Å². The molecule has 2 rings (SSSR count). The highest BCUT2D eigenvalue weighted by Gasteiger charge is 2.16. The summed E-state index contributed by atoms with van der Waals surface area (Å²) in [5.74, 6) is -0.0136.